The summed E-state index contributed by atoms with van der Waals surface area (Å²) in [5.74, 6) is -5.10. The third kappa shape index (κ3) is 4.97. The Hall–Kier alpha value is -0.850. The first-order valence-corrected chi connectivity index (χ1v) is 6.32. The highest BCUT2D eigenvalue weighted by atomic mass is 19.3. The van der Waals surface area contributed by atoms with Crippen LogP contribution in [0.25, 0.3) is 0 Å². The van der Waals surface area contributed by atoms with Crippen molar-refractivity contribution >= 4 is 5.97 Å². The molecule has 0 radical (unpaired) electrons. The zero-order chi connectivity index (χ0) is 14.6. The number of aliphatic carboxylic acids is 1. The molecule has 1 aliphatic heterocycles. The number of halogens is 4. The molecule has 0 aromatic rings. The van der Waals surface area contributed by atoms with Crippen LogP contribution < -0.4 is 0 Å². The molecule has 0 amide bonds. The summed E-state index contributed by atoms with van der Waals surface area (Å²) in [6.07, 6.45) is -2.30. The van der Waals surface area contributed by atoms with Gasteiger partial charge >= 0.3 is 18.3 Å². The molecule has 0 spiro atoms. The summed E-state index contributed by atoms with van der Waals surface area (Å²) < 4.78 is 50.2. The number of piperidine rings is 1. The van der Waals surface area contributed by atoms with Crippen LogP contribution in [0, 0.1) is 11.8 Å². The maximum atomic E-state index is 13.0. The molecule has 3 nitrogen and oxygen atoms in total. The second-order valence-corrected chi connectivity index (χ2v) is 5.27. The second-order valence-electron chi connectivity index (χ2n) is 5.27. The molecule has 2 unspecified atom stereocenters. The Morgan fingerprint density at radius 3 is 2.63 bits per heavy atom. The van der Waals surface area contributed by atoms with Crippen molar-refractivity contribution in [3.05, 3.63) is 0 Å². The lowest BCUT2D eigenvalue weighted by atomic mass is 9.84. The van der Waals surface area contributed by atoms with Crippen LogP contribution in [0.15, 0.2) is 0 Å². The van der Waals surface area contributed by atoms with E-state index in [-0.39, 0.29) is 24.8 Å². The van der Waals surface area contributed by atoms with Crippen molar-refractivity contribution in [1.29, 1.82) is 0 Å². The lowest BCUT2D eigenvalue weighted by molar-refractivity contribution is -0.146. The van der Waals surface area contributed by atoms with Crippen LogP contribution in [0.5, 0.6) is 0 Å². The average Bonchev–Trinajstić information content (AvgIpc) is 2.27. The monoisotopic (exact) mass is 285 g/mol. The third-order valence-corrected chi connectivity index (χ3v) is 3.60. The maximum absolute atomic E-state index is 13.0. The van der Waals surface area contributed by atoms with Crippen molar-refractivity contribution in [3.63, 3.8) is 0 Å². The third-order valence-electron chi connectivity index (χ3n) is 3.60. The first-order valence-electron chi connectivity index (χ1n) is 6.32. The summed E-state index contributed by atoms with van der Waals surface area (Å²) in [5, 5.41) is 8.71. The van der Waals surface area contributed by atoms with Gasteiger partial charge in [-0.15, -0.1) is 0 Å². The topological polar surface area (TPSA) is 40.5 Å². The minimum atomic E-state index is -4.00. The molecule has 0 bridgehead atoms. The van der Waals surface area contributed by atoms with Crippen LogP contribution in [0.4, 0.5) is 17.6 Å². The molecule has 1 saturated heterocycles. The minimum Gasteiger partial charge on any atom is -0.481 e. The molecule has 0 saturated carbocycles. The fourth-order valence-electron chi connectivity index (χ4n) is 2.51. The molecular weight excluding hydrogens is 266 g/mol. The van der Waals surface area contributed by atoms with Gasteiger partial charge in [0.05, 0.1) is 6.54 Å². The molecule has 7 heteroatoms. The molecule has 1 N–H and O–H groups in total. The number of carboxylic acids is 1. The van der Waals surface area contributed by atoms with Gasteiger partial charge in [-0.05, 0) is 31.2 Å². The molecule has 0 aliphatic carbocycles. The van der Waals surface area contributed by atoms with Crippen LogP contribution in [0.2, 0.25) is 0 Å². The summed E-state index contributed by atoms with van der Waals surface area (Å²) >= 11 is 0. The first-order chi connectivity index (χ1) is 8.72. The van der Waals surface area contributed by atoms with E-state index in [0.717, 1.165) is 6.42 Å². The zero-order valence-corrected chi connectivity index (χ0v) is 10.8. The van der Waals surface area contributed by atoms with Crippen molar-refractivity contribution in [2.75, 3.05) is 19.6 Å². The predicted octanol–water partition coefficient (Wildman–Crippen LogP) is 2.71. The molecule has 2 atom stereocenters. The van der Waals surface area contributed by atoms with E-state index in [2.05, 4.69) is 0 Å². The Labute approximate surface area is 109 Å². The van der Waals surface area contributed by atoms with Crippen LogP contribution in [-0.2, 0) is 4.79 Å². The van der Waals surface area contributed by atoms with Crippen LogP contribution in [0.3, 0.4) is 0 Å². The van der Waals surface area contributed by atoms with Gasteiger partial charge in [-0.1, -0.05) is 6.92 Å². The Morgan fingerprint density at radius 2 is 2.11 bits per heavy atom. The van der Waals surface area contributed by atoms with E-state index in [0.29, 0.717) is 13.0 Å². The number of carbonyl (C=O) groups is 1. The van der Waals surface area contributed by atoms with Gasteiger partial charge in [0, 0.05) is 13.0 Å². The van der Waals surface area contributed by atoms with Crippen LogP contribution in [0.1, 0.15) is 26.2 Å². The number of nitrogens with zero attached hydrogens (tertiary/aromatic N) is 1. The van der Waals surface area contributed by atoms with E-state index >= 15 is 0 Å². The molecule has 0 aromatic carbocycles. The van der Waals surface area contributed by atoms with E-state index in [4.69, 9.17) is 5.11 Å². The highest BCUT2D eigenvalue weighted by molar-refractivity contribution is 5.66. The molecule has 1 fully saturated rings. The quantitative estimate of drug-likeness (QED) is 0.763. The number of hydrogen-bond donors (Lipinski definition) is 1. The lowest BCUT2D eigenvalue weighted by Gasteiger charge is -2.36. The molecule has 1 aliphatic rings. The molecule has 19 heavy (non-hydrogen) atoms. The standard InChI is InChI=1S/C12H19F4NO2/c1-8(5-10(18)19)9-3-2-4-17(6-9)7-12(15,16)11(13)14/h8-9,11H,2-7H2,1H3,(H,18,19). The normalized spacial score (nSPS) is 23.6. The summed E-state index contributed by atoms with van der Waals surface area (Å²) in [7, 11) is 0. The summed E-state index contributed by atoms with van der Waals surface area (Å²) in [6.45, 7) is 1.42. The smallest absolute Gasteiger partial charge is 0.319 e. The average molecular weight is 285 g/mol. The van der Waals surface area contributed by atoms with Crippen molar-refractivity contribution in [1.82, 2.24) is 4.90 Å². The van der Waals surface area contributed by atoms with Gasteiger partial charge in [0.15, 0.2) is 0 Å². The first kappa shape index (κ1) is 16.2. The largest absolute Gasteiger partial charge is 0.481 e. The maximum Gasteiger partial charge on any atom is 0.319 e. The van der Waals surface area contributed by atoms with Crippen LogP contribution in [-0.4, -0.2) is 48.0 Å². The number of likely N-dealkylation sites (tertiary alicyclic amines) is 1. The fraction of sp³-hybridized carbons (Fsp3) is 0.917. The molecule has 112 valence electrons. The Bertz CT molecular complexity index is 312. The van der Waals surface area contributed by atoms with E-state index in [1.807, 2.05) is 0 Å². The van der Waals surface area contributed by atoms with E-state index in [9.17, 15) is 22.4 Å². The Kier molecular flexibility index (Phi) is 5.58. The molecule has 1 heterocycles. The SMILES string of the molecule is CC(CC(=O)O)C1CCCN(CC(F)(F)C(F)F)C1. The van der Waals surface area contributed by atoms with Gasteiger partial charge in [0.25, 0.3) is 0 Å². The van der Waals surface area contributed by atoms with Crippen molar-refractivity contribution < 1.29 is 27.5 Å². The van der Waals surface area contributed by atoms with Crippen LogP contribution >= 0.6 is 0 Å². The van der Waals surface area contributed by atoms with Gasteiger partial charge in [-0.25, -0.2) is 8.78 Å². The van der Waals surface area contributed by atoms with E-state index in [1.165, 1.54) is 4.90 Å². The lowest BCUT2D eigenvalue weighted by Crippen LogP contribution is -2.46. The van der Waals surface area contributed by atoms with E-state index in [1.54, 1.807) is 6.92 Å². The van der Waals surface area contributed by atoms with Gasteiger partial charge in [0.2, 0.25) is 0 Å². The van der Waals surface area contributed by atoms with Crippen molar-refractivity contribution in [2.24, 2.45) is 11.8 Å². The summed E-state index contributed by atoms with van der Waals surface area (Å²) in [5.41, 5.74) is 0. The van der Waals surface area contributed by atoms with Gasteiger partial charge in [0.1, 0.15) is 0 Å². The van der Waals surface area contributed by atoms with Crippen molar-refractivity contribution in [3.8, 4) is 0 Å². The highest BCUT2D eigenvalue weighted by Gasteiger charge is 2.43. The molecule has 0 aromatic heterocycles. The van der Waals surface area contributed by atoms with Gasteiger partial charge in [-0.3, -0.25) is 9.69 Å². The van der Waals surface area contributed by atoms with Crippen molar-refractivity contribution in [2.45, 2.75) is 38.5 Å². The molecular formula is C12H19F4NO2. The Morgan fingerprint density at radius 1 is 1.47 bits per heavy atom. The molecule has 1 rings (SSSR count). The number of hydrogen-bond acceptors (Lipinski definition) is 2. The fourth-order valence-corrected chi connectivity index (χ4v) is 2.51. The second kappa shape index (κ2) is 6.54. The predicted molar refractivity (Wildman–Crippen MR) is 61.5 cm³/mol. The number of rotatable bonds is 6. The van der Waals surface area contributed by atoms with Gasteiger partial charge < -0.3 is 5.11 Å². The van der Waals surface area contributed by atoms with Gasteiger partial charge in [-0.2, -0.15) is 8.78 Å². The summed E-state index contributed by atoms with van der Waals surface area (Å²) in [4.78, 5) is 11.9. The number of alkyl halides is 4. The Balaban J connectivity index is 2.52. The minimum absolute atomic E-state index is 0.0241. The zero-order valence-electron chi connectivity index (χ0n) is 10.8. The summed E-state index contributed by atoms with van der Waals surface area (Å²) in [6, 6.07) is 0. The van der Waals surface area contributed by atoms with E-state index < -0.39 is 24.9 Å². The number of carboxylic acid groups (broad SMARTS) is 1. The highest BCUT2D eigenvalue weighted by Crippen LogP contribution is 2.30.